The maximum atomic E-state index is 2.57. The average molecular weight is 255 g/mol. The smallest absolute Gasteiger partial charge is 0.262 e. The van der Waals surface area contributed by atoms with Gasteiger partial charge in [-0.25, -0.2) is 0 Å². The summed E-state index contributed by atoms with van der Waals surface area (Å²) in [5, 5.41) is 4.67. The Morgan fingerprint density at radius 1 is 0.882 bits per heavy atom. The van der Waals surface area contributed by atoms with E-state index in [1.54, 1.807) is 15.8 Å². The third-order valence-electron chi connectivity index (χ3n) is 3.59. The zero-order valence-corrected chi connectivity index (χ0v) is 14.3. The Bertz CT molecular complexity index is 154. The molecule has 0 saturated heterocycles. The normalized spacial score (nSPS) is 11.8. The molecule has 2 heteroatoms. The minimum absolute atomic E-state index is 0.457. The van der Waals surface area contributed by atoms with Crippen molar-refractivity contribution in [3.63, 3.8) is 0 Å². The standard InChI is InChI=1S/C7H16N.2C4H9.Al/c1-4-7-8(5-2)6-3;2*1-4(2)3;/h1,4-7H2,2-3H3;2*4H,1H2,2-3H3;. The molecule has 0 N–H and O–H groups in total. The molecule has 1 nitrogen and oxygen atoms in total. The Morgan fingerprint density at radius 2 is 1.35 bits per heavy atom. The highest BCUT2D eigenvalue weighted by molar-refractivity contribution is 6.58. The van der Waals surface area contributed by atoms with Gasteiger partial charge in [0.05, 0.1) is 0 Å². The molecule has 0 saturated carbocycles. The van der Waals surface area contributed by atoms with Crippen LogP contribution < -0.4 is 0 Å². The summed E-state index contributed by atoms with van der Waals surface area (Å²) in [6.07, 6.45) is 1.44. The van der Waals surface area contributed by atoms with Crippen LogP contribution in [0.3, 0.4) is 0 Å². The van der Waals surface area contributed by atoms with E-state index >= 15 is 0 Å². The third kappa shape index (κ3) is 10.1. The summed E-state index contributed by atoms with van der Waals surface area (Å²) in [6.45, 7) is 17.9. The molecule has 0 aliphatic carbocycles. The molecule has 0 heterocycles. The highest BCUT2D eigenvalue weighted by atomic mass is 27.2. The van der Waals surface area contributed by atoms with Gasteiger partial charge in [-0.2, -0.15) is 0 Å². The lowest BCUT2D eigenvalue weighted by Crippen LogP contribution is -2.26. The second-order valence-corrected chi connectivity index (χ2v) is 9.55. The van der Waals surface area contributed by atoms with Crippen LogP contribution in [0.25, 0.3) is 0 Å². The molecule has 0 aliphatic heterocycles. The van der Waals surface area contributed by atoms with Crippen molar-refractivity contribution in [3.8, 4) is 0 Å². The molecule has 0 aliphatic rings. The lowest BCUT2D eigenvalue weighted by molar-refractivity contribution is 0.304. The van der Waals surface area contributed by atoms with E-state index in [1.165, 1.54) is 26.1 Å². The first-order valence-electron chi connectivity index (χ1n) is 7.71. The zero-order chi connectivity index (χ0) is 13.3. The van der Waals surface area contributed by atoms with Crippen LogP contribution in [0, 0.1) is 11.8 Å². The van der Waals surface area contributed by atoms with Crippen molar-refractivity contribution in [2.45, 2.75) is 63.8 Å². The van der Waals surface area contributed by atoms with Gasteiger partial charge in [0.15, 0.2) is 0 Å². The van der Waals surface area contributed by atoms with E-state index in [0.717, 1.165) is 11.8 Å². The predicted octanol–water partition coefficient (Wildman–Crippen LogP) is 4.53. The minimum atomic E-state index is -0.457. The van der Waals surface area contributed by atoms with Gasteiger partial charge < -0.3 is 4.90 Å². The highest BCUT2D eigenvalue weighted by Gasteiger charge is 2.19. The van der Waals surface area contributed by atoms with Crippen LogP contribution in [0.2, 0.25) is 15.8 Å². The van der Waals surface area contributed by atoms with Crippen LogP contribution in [0.1, 0.15) is 48.0 Å². The van der Waals surface area contributed by atoms with E-state index in [2.05, 4.69) is 46.4 Å². The maximum absolute atomic E-state index is 2.57. The molecular formula is C15H34AlN. The quantitative estimate of drug-likeness (QED) is 0.519. The van der Waals surface area contributed by atoms with Gasteiger partial charge in [-0.15, -0.1) is 0 Å². The van der Waals surface area contributed by atoms with E-state index in [-0.39, 0.29) is 0 Å². The van der Waals surface area contributed by atoms with Crippen molar-refractivity contribution in [1.29, 1.82) is 0 Å². The number of nitrogens with zero attached hydrogens (tertiary/aromatic N) is 1. The largest absolute Gasteiger partial charge is 0.304 e. The topological polar surface area (TPSA) is 3.24 Å². The molecule has 0 atom stereocenters. The summed E-state index contributed by atoms with van der Waals surface area (Å²) in [6, 6.07) is 0. The molecule has 0 aromatic rings. The van der Waals surface area contributed by atoms with Crippen molar-refractivity contribution in [1.82, 2.24) is 4.90 Å². The van der Waals surface area contributed by atoms with Crippen LogP contribution in [0.4, 0.5) is 0 Å². The Balaban J connectivity index is 3.89. The summed E-state index contributed by atoms with van der Waals surface area (Å²) in [5.74, 6) is 1.83. The second kappa shape index (κ2) is 10.4. The van der Waals surface area contributed by atoms with Gasteiger partial charge in [0.1, 0.15) is 0 Å². The maximum Gasteiger partial charge on any atom is 0.262 e. The Kier molecular flexibility index (Phi) is 10.7. The molecule has 0 fully saturated rings. The molecule has 0 bridgehead atoms. The van der Waals surface area contributed by atoms with Crippen LogP contribution in [-0.4, -0.2) is 38.7 Å². The van der Waals surface area contributed by atoms with Gasteiger partial charge in [0.25, 0.3) is 14.1 Å². The zero-order valence-electron chi connectivity index (χ0n) is 13.1. The van der Waals surface area contributed by atoms with Gasteiger partial charge in [-0.05, 0) is 19.6 Å². The molecular weight excluding hydrogens is 221 g/mol. The lowest BCUT2D eigenvalue weighted by atomic mass is 10.3. The van der Waals surface area contributed by atoms with Gasteiger partial charge in [-0.1, -0.05) is 75.6 Å². The molecule has 0 radical (unpaired) electrons. The van der Waals surface area contributed by atoms with Crippen molar-refractivity contribution < 1.29 is 0 Å². The lowest BCUT2D eigenvalue weighted by Gasteiger charge is -2.20. The summed E-state index contributed by atoms with van der Waals surface area (Å²) in [7, 11) is 0. The summed E-state index contributed by atoms with van der Waals surface area (Å²) >= 11 is -0.457. The van der Waals surface area contributed by atoms with Crippen molar-refractivity contribution >= 4 is 14.1 Å². The van der Waals surface area contributed by atoms with Gasteiger partial charge in [0.2, 0.25) is 0 Å². The molecule has 17 heavy (non-hydrogen) atoms. The monoisotopic (exact) mass is 255 g/mol. The predicted molar refractivity (Wildman–Crippen MR) is 82.3 cm³/mol. The third-order valence-corrected chi connectivity index (χ3v) is 8.03. The molecule has 0 amide bonds. The molecule has 0 spiro atoms. The van der Waals surface area contributed by atoms with E-state index in [9.17, 15) is 0 Å². The summed E-state index contributed by atoms with van der Waals surface area (Å²) < 4.78 is 0. The molecule has 0 aromatic carbocycles. The summed E-state index contributed by atoms with van der Waals surface area (Å²) in [4.78, 5) is 2.57. The van der Waals surface area contributed by atoms with E-state index in [0.29, 0.717) is 0 Å². The Morgan fingerprint density at radius 3 is 1.71 bits per heavy atom. The number of rotatable bonds is 10. The van der Waals surface area contributed by atoms with E-state index in [4.69, 9.17) is 0 Å². The van der Waals surface area contributed by atoms with Gasteiger partial charge in [0, 0.05) is 0 Å². The van der Waals surface area contributed by atoms with Crippen LogP contribution in [-0.2, 0) is 0 Å². The van der Waals surface area contributed by atoms with Gasteiger partial charge in [-0.3, -0.25) is 0 Å². The first-order valence-corrected chi connectivity index (χ1v) is 10.2. The fraction of sp³-hybridized carbons (Fsp3) is 1.00. The van der Waals surface area contributed by atoms with Crippen LogP contribution in [0.5, 0.6) is 0 Å². The SMILES string of the molecule is CCN(CC)CC[CH2][Al]([CH2]C(C)C)[CH2]C(C)C. The minimum Gasteiger partial charge on any atom is -0.304 e. The van der Waals surface area contributed by atoms with E-state index < -0.39 is 14.1 Å². The summed E-state index contributed by atoms with van der Waals surface area (Å²) in [5.41, 5.74) is 0. The molecule has 0 unspecified atom stereocenters. The van der Waals surface area contributed by atoms with Crippen LogP contribution in [0.15, 0.2) is 0 Å². The molecule has 0 aromatic heterocycles. The second-order valence-electron chi connectivity index (χ2n) is 6.29. The first-order chi connectivity index (χ1) is 7.99. The number of hydrogen-bond acceptors (Lipinski definition) is 1. The average Bonchev–Trinajstić information content (AvgIpc) is 2.22. The van der Waals surface area contributed by atoms with Crippen molar-refractivity contribution in [2.75, 3.05) is 19.6 Å². The van der Waals surface area contributed by atoms with Crippen molar-refractivity contribution in [2.24, 2.45) is 11.8 Å². The molecule has 102 valence electrons. The fourth-order valence-corrected chi connectivity index (χ4v) is 6.90. The molecule has 0 rings (SSSR count). The Labute approximate surface area is 114 Å². The fourth-order valence-electron chi connectivity index (χ4n) is 2.81. The Hall–Kier alpha value is 0.492. The van der Waals surface area contributed by atoms with Gasteiger partial charge >= 0.3 is 0 Å². The van der Waals surface area contributed by atoms with Crippen molar-refractivity contribution in [3.05, 3.63) is 0 Å². The highest BCUT2D eigenvalue weighted by Crippen LogP contribution is 2.19. The number of hydrogen-bond donors (Lipinski definition) is 0. The van der Waals surface area contributed by atoms with Crippen LogP contribution >= 0.6 is 0 Å². The van der Waals surface area contributed by atoms with E-state index in [1.807, 2.05) is 0 Å². The first kappa shape index (κ1) is 17.5.